The van der Waals surface area contributed by atoms with Crippen LogP contribution in [-0.2, 0) is 6.54 Å². The molecule has 1 unspecified atom stereocenters. The lowest BCUT2D eigenvalue weighted by atomic mass is 10.0. The first-order chi connectivity index (χ1) is 10.2. The highest BCUT2D eigenvalue weighted by Crippen LogP contribution is 2.22. The Bertz CT molecular complexity index is 556. The third-order valence-corrected chi connectivity index (χ3v) is 3.41. The lowest BCUT2D eigenvalue weighted by Gasteiger charge is -2.20. The second kappa shape index (κ2) is 7.31. The molecule has 5 heteroatoms. The molecule has 0 bridgehead atoms. The highest BCUT2D eigenvalue weighted by Gasteiger charge is 2.19. The van der Waals surface area contributed by atoms with E-state index in [-0.39, 0.29) is 6.04 Å². The van der Waals surface area contributed by atoms with Gasteiger partial charge >= 0.3 is 0 Å². The van der Waals surface area contributed by atoms with Crippen LogP contribution in [0.4, 0.5) is 0 Å². The van der Waals surface area contributed by atoms with E-state index in [9.17, 15) is 0 Å². The van der Waals surface area contributed by atoms with Crippen LogP contribution in [0.1, 0.15) is 55.4 Å². The SMILES string of the molecule is CCCNC(c1cc(C)nc(C)c1)c1cnnn1CCC. The largest absolute Gasteiger partial charge is 0.305 e. The molecule has 0 aliphatic carbocycles. The molecule has 0 amide bonds. The molecule has 114 valence electrons. The minimum atomic E-state index is 0.117. The molecule has 2 heterocycles. The predicted octanol–water partition coefficient (Wildman–Crippen LogP) is 2.79. The molecule has 21 heavy (non-hydrogen) atoms. The van der Waals surface area contributed by atoms with Crippen molar-refractivity contribution < 1.29 is 0 Å². The van der Waals surface area contributed by atoms with E-state index in [1.807, 2.05) is 24.7 Å². The first kappa shape index (κ1) is 15.6. The van der Waals surface area contributed by atoms with E-state index in [4.69, 9.17) is 0 Å². The number of hydrogen-bond acceptors (Lipinski definition) is 4. The smallest absolute Gasteiger partial charge is 0.0802 e. The zero-order valence-electron chi connectivity index (χ0n) is 13.4. The van der Waals surface area contributed by atoms with Gasteiger partial charge in [-0.2, -0.15) is 0 Å². The molecule has 0 aromatic carbocycles. The van der Waals surface area contributed by atoms with Gasteiger partial charge < -0.3 is 5.32 Å². The first-order valence-corrected chi connectivity index (χ1v) is 7.72. The number of nitrogens with one attached hydrogen (secondary N) is 1. The Balaban J connectivity index is 2.39. The molecular formula is C16H25N5. The van der Waals surface area contributed by atoms with Crippen LogP contribution >= 0.6 is 0 Å². The number of nitrogens with zero attached hydrogens (tertiary/aromatic N) is 4. The zero-order chi connectivity index (χ0) is 15.2. The van der Waals surface area contributed by atoms with Crippen LogP contribution in [-0.4, -0.2) is 26.5 Å². The third kappa shape index (κ3) is 3.88. The van der Waals surface area contributed by atoms with E-state index in [0.29, 0.717) is 0 Å². The molecule has 0 fully saturated rings. The predicted molar refractivity (Wildman–Crippen MR) is 84.2 cm³/mol. The van der Waals surface area contributed by atoms with Crippen molar-refractivity contribution in [2.24, 2.45) is 0 Å². The Labute approximate surface area is 126 Å². The Morgan fingerprint density at radius 3 is 2.48 bits per heavy atom. The Hall–Kier alpha value is -1.75. The van der Waals surface area contributed by atoms with E-state index in [1.54, 1.807) is 0 Å². The molecule has 0 saturated heterocycles. The van der Waals surface area contributed by atoms with Gasteiger partial charge in [0.15, 0.2) is 0 Å². The fourth-order valence-electron chi connectivity index (χ4n) is 2.59. The summed E-state index contributed by atoms with van der Waals surface area (Å²) in [5, 5.41) is 11.9. The molecular weight excluding hydrogens is 262 g/mol. The summed E-state index contributed by atoms with van der Waals surface area (Å²) in [7, 11) is 0. The summed E-state index contributed by atoms with van der Waals surface area (Å²) in [6, 6.07) is 4.40. The summed E-state index contributed by atoms with van der Waals surface area (Å²) in [4.78, 5) is 4.47. The molecule has 2 aromatic rings. The number of rotatable bonds is 7. The van der Waals surface area contributed by atoms with E-state index < -0.39 is 0 Å². The van der Waals surface area contributed by atoms with Crippen LogP contribution in [0.2, 0.25) is 0 Å². The van der Waals surface area contributed by atoms with Crippen molar-refractivity contribution in [3.63, 3.8) is 0 Å². The highest BCUT2D eigenvalue weighted by molar-refractivity contribution is 5.29. The maximum absolute atomic E-state index is 4.47. The van der Waals surface area contributed by atoms with Crippen molar-refractivity contribution in [3.8, 4) is 0 Å². The van der Waals surface area contributed by atoms with Gasteiger partial charge in [0.05, 0.1) is 17.9 Å². The van der Waals surface area contributed by atoms with Gasteiger partial charge in [-0.25, -0.2) is 4.68 Å². The molecule has 0 aliphatic rings. The van der Waals surface area contributed by atoms with Gasteiger partial charge in [0.25, 0.3) is 0 Å². The average Bonchev–Trinajstić information content (AvgIpc) is 2.87. The van der Waals surface area contributed by atoms with Crippen LogP contribution in [0.5, 0.6) is 0 Å². The van der Waals surface area contributed by atoms with Crippen LogP contribution in [0.15, 0.2) is 18.3 Å². The van der Waals surface area contributed by atoms with Crippen LogP contribution in [0.3, 0.4) is 0 Å². The Morgan fingerprint density at radius 2 is 1.86 bits per heavy atom. The minimum Gasteiger partial charge on any atom is -0.305 e. The molecule has 1 N–H and O–H groups in total. The fourth-order valence-corrected chi connectivity index (χ4v) is 2.59. The lowest BCUT2D eigenvalue weighted by Crippen LogP contribution is -2.26. The number of pyridine rings is 1. The summed E-state index contributed by atoms with van der Waals surface area (Å²) in [5.41, 5.74) is 4.44. The van der Waals surface area contributed by atoms with Gasteiger partial charge in [0.2, 0.25) is 0 Å². The summed E-state index contributed by atoms with van der Waals surface area (Å²) in [5.74, 6) is 0. The van der Waals surface area contributed by atoms with Gasteiger partial charge in [-0.05, 0) is 50.9 Å². The molecule has 0 saturated carbocycles. The van der Waals surface area contributed by atoms with E-state index in [0.717, 1.165) is 43.0 Å². The normalized spacial score (nSPS) is 12.6. The summed E-state index contributed by atoms with van der Waals surface area (Å²) < 4.78 is 2.00. The molecule has 1 atom stereocenters. The van der Waals surface area contributed by atoms with Crippen LogP contribution in [0, 0.1) is 13.8 Å². The van der Waals surface area contributed by atoms with E-state index in [1.165, 1.54) is 5.56 Å². The Morgan fingerprint density at radius 1 is 1.14 bits per heavy atom. The van der Waals surface area contributed by atoms with Gasteiger partial charge in [0.1, 0.15) is 0 Å². The third-order valence-electron chi connectivity index (χ3n) is 3.41. The maximum atomic E-state index is 4.47. The monoisotopic (exact) mass is 287 g/mol. The Kier molecular flexibility index (Phi) is 5.44. The standard InChI is InChI=1S/C16H25N5/c1-5-7-17-16(14-9-12(3)19-13(4)10-14)15-11-18-20-21(15)8-6-2/h9-11,16-17H,5-8H2,1-4H3. The van der Waals surface area contributed by atoms with E-state index in [2.05, 4.69) is 46.6 Å². The van der Waals surface area contributed by atoms with Crippen LogP contribution in [0.25, 0.3) is 0 Å². The number of aromatic nitrogens is 4. The van der Waals surface area contributed by atoms with Gasteiger partial charge in [0, 0.05) is 17.9 Å². The van der Waals surface area contributed by atoms with Gasteiger partial charge in [-0.15, -0.1) is 5.10 Å². The van der Waals surface area contributed by atoms with Gasteiger partial charge in [-0.3, -0.25) is 4.98 Å². The summed E-state index contributed by atoms with van der Waals surface area (Å²) in [6.45, 7) is 10.3. The lowest BCUT2D eigenvalue weighted by molar-refractivity contribution is 0.504. The fraction of sp³-hybridized carbons (Fsp3) is 0.562. The van der Waals surface area contributed by atoms with Crippen molar-refractivity contribution in [3.05, 3.63) is 41.0 Å². The van der Waals surface area contributed by atoms with Crippen molar-refractivity contribution in [2.75, 3.05) is 6.54 Å². The topological polar surface area (TPSA) is 55.6 Å². The first-order valence-electron chi connectivity index (χ1n) is 7.72. The van der Waals surface area contributed by atoms with E-state index >= 15 is 0 Å². The average molecular weight is 287 g/mol. The zero-order valence-corrected chi connectivity index (χ0v) is 13.4. The second-order valence-electron chi connectivity index (χ2n) is 5.45. The molecule has 0 spiro atoms. The highest BCUT2D eigenvalue weighted by atomic mass is 15.4. The van der Waals surface area contributed by atoms with Gasteiger partial charge in [-0.1, -0.05) is 19.1 Å². The quantitative estimate of drug-likeness (QED) is 0.851. The maximum Gasteiger partial charge on any atom is 0.0802 e. The van der Waals surface area contributed by atoms with Crippen molar-refractivity contribution >= 4 is 0 Å². The number of hydrogen-bond donors (Lipinski definition) is 1. The molecule has 5 nitrogen and oxygen atoms in total. The van der Waals surface area contributed by atoms with Crippen molar-refractivity contribution in [2.45, 2.75) is 53.1 Å². The van der Waals surface area contributed by atoms with Crippen LogP contribution < -0.4 is 5.32 Å². The molecule has 2 rings (SSSR count). The summed E-state index contributed by atoms with van der Waals surface area (Å²) >= 11 is 0. The second-order valence-corrected chi connectivity index (χ2v) is 5.45. The van der Waals surface area contributed by atoms with Crippen molar-refractivity contribution in [1.29, 1.82) is 0 Å². The number of aryl methyl sites for hydroxylation is 3. The molecule has 2 aromatic heterocycles. The summed E-state index contributed by atoms with van der Waals surface area (Å²) in [6.07, 6.45) is 4.01. The molecule has 0 radical (unpaired) electrons. The molecule has 0 aliphatic heterocycles. The van der Waals surface area contributed by atoms with Crippen molar-refractivity contribution in [1.82, 2.24) is 25.3 Å². The minimum absolute atomic E-state index is 0.117.